The summed E-state index contributed by atoms with van der Waals surface area (Å²) in [7, 11) is 0. The second kappa shape index (κ2) is 10.3. The third-order valence-electron chi connectivity index (χ3n) is 5.01. The molecule has 0 spiro atoms. The van der Waals surface area contributed by atoms with Crippen LogP contribution in [0.4, 0.5) is 21.7 Å². The first-order valence-electron chi connectivity index (χ1n) is 10.5. The van der Waals surface area contributed by atoms with Crippen molar-refractivity contribution >= 4 is 23.2 Å². The molecular formula is C21H29FN6O3. The van der Waals surface area contributed by atoms with Crippen molar-refractivity contribution in [3.63, 3.8) is 0 Å². The van der Waals surface area contributed by atoms with Crippen LogP contribution >= 0.6 is 0 Å². The van der Waals surface area contributed by atoms with E-state index >= 15 is 0 Å². The van der Waals surface area contributed by atoms with E-state index in [0.717, 1.165) is 31.7 Å². The summed E-state index contributed by atoms with van der Waals surface area (Å²) in [6.07, 6.45) is 3.74. The highest BCUT2D eigenvalue weighted by molar-refractivity contribution is 5.98. The molecule has 6 N–H and O–H groups in total. The molecule has 2 atom stereocenters. The summed E-state index contributed by atoms with van der Waals surface area (Å²) in [6.45, 7) is 4.50. The molecule has 9 nitrogen and oxygen atoms in total. The number of amides is 1. The van der Waals surface area contributed by atoms with E-state index < -0.39 is 11.7 Å². The Hall–Kier alpha value is -3.14. The fraction of sp³-hybridized carbons (Fsp3) is 0.476. The Morgan fingerprint density at radius 3 is 2.32 bits per heavy atom. The van der Waals surface area contributed by atoms with E-state index in [1.165, 1.54) is 0 Å². The Balaban J connectivity index is 1.94. The molecule has 168 valence electrons. The highest BCUT2D eigenvalue weighted by atomic mass is 19.1. The Morgan fingerprint density at radius 1 is 1.10 bits per heavy atom. The minimum absolute atomic E-state index is 0.0129. The molecule has 1 amide bonds. The van der Waals surface area contributed by atoms with Crippen molar-refractivity contribution in [2.75, 3.05) is 23.8 Å². The first-order valence-corrected chi connectivity index (χ1v) is 10.5. The summed E-state index contributed by atoms with van der Waals surface area (Å²) < 4.78 is 25.6. The molecule has 1 saturated carbocycles. The summed E-state index contributed by atoms with van der Waals surface area (Å²) in [6, 6.07) is 4.14. The van der Waals surface area contributed by atoms with Crippen molar-refractivity contribution < 1.29 is 18.7 Å². The van der Waals surface area contributed by atoms with Gasteiger partial charge in [0.1, 0.15) is 5.82 Å². The maximum Gasteiger partial charge on any atom is 0.252 e. The van der Waals surface area contributed by atoms with Gasteiger partial charge in [-0.25, -0.2) is 9.37 Å². The van der Waals surface area contributed by atoms with Crippen molar-refractivity contribution in [2.45, 2.75) is 51.6 Å². The van der Waals surface area contributed by atoms with E-state index in [0.29, 0.717) is 30.7 Å². The van der Waals surface area contributed by atoms with E-state index in [1.807, 2.05) is 13.8 Å². The number of carbonyl (C=O) groups is 1. The van der Waals surface area contributed by atoms with Crippen LogP contribution in [0.5, 0.6) is 11.8 Å². The number of nitrogens with one attached hydrogen (secondary N) is 2. The van der Waals surface area contributed by atoms with Crippen LogP contribution in [0.25, 0.3) is 0 Å². The van der Waals surface area contributed by atoms with Gasteiger partial charge in [0.15, 0.2) is 11.6 Å². The zero-order valence-corrected chi connectivity index (χ0v) is 17.8. The van der Waals surface area contributed by atoms with Crippen LogP contribution in [0.1, 0.15) is 49.9 Å². The predicted molar refractivity (Wildman–Crippen MR) is 116 cm³/mol. The number of primary amides is 1. The minimum atomic E-state index is -0.807. The molecule has 2 aromatic heterocycles. The van der Waals surface area contributed by atoms with Crippen LogP contribution in [0.2, 0.25) is 0 Å². The van der Waals surface area contributed by atoms with Crippen LogP contribution in [0, 0.1) is 5.82 Å². The van der Waals surface area contributed by atoms with E-state index in [2.05, 4.69) is 20.6 Å². The number of pyridine rings is 2. The molecule has 0 radical (unpaired) electrons. The van der Waals surface area contributed by atoms with E-state index in [-0.39, 0.29) is 29.3 Å². The molecule has 2 aromatic rings. The summed E-state index contributed by atoms with van der Waals surface area (Å²) in [5.74, 6) is -0.679. The number of hydrogen-bond donors (Lipinski definition) is 4. The lowest BCUT2D eigenvalue weighted by molar-refractivity contribution is 0.100. The van der Waals surface area contributed by atoms with Gasteiger partial charge < -0.3 is 31.6 Å². The van der Waals surface area contributed by atoms with Gasteiger partial charge in [-0.1, -0.05) is 12.8 Å². The molecule has 1 aliphatic carbocycles. The first kappa shape index (κ1) is 22.5. The molecule has 10 heteroatoms. The fourth-order valence-electron chi connectivity index (χ4n) is 3.52. The number of nitrogens with two attached hydrogens (primary N) is 2. The largest absolute Gasteiger partial charge is 0.478 e. The molecule has 31 heavy (non-hydrogen) atoms. The van der Waals surface area contributed by atoms with Gasteiger partial charge in [0, 0.05) is 24.2 Å². The summed E-state index contributed by atoms with van der Waals surface area (Å²) >= 11 is 0. The molecular weight excluding hydrogens is 403 g/mol. The molecule has 1 unspecified atom stereocenters. The van der Waals surface area contributed by atoms with Crippen LogP contribution in [0.3, 0.4) is 0 Å². The van der Waals surface area contributed by atoms with Crippen molar-refractivity contribution in [2.24, 2.45) is 11.5 Å². The molecule has 3 rings (SSSR count). The minimum Gasteiger partial charge on any atom is -0.478 e. The number of nitrogens with zero attached hydrogens (tertiary/aromatic N) is 2. The van der Waals surface area contributed by atoms with Crippen LogP contribution in [-0.2, 0) is 0 Å². The SMILES string of the molecule is CCOc1cc(Nc2nc(NC3CCCC[C@@H]3N)c(F)cc2C(N)=O)cc(OCC)n1. The number of hydrogen-bond acceptors (Lipinski definition) is 8. The number of halogens is 1. The molecule has 1 fully saturated rings. The zero-order valence-electron chi connectivity index (χ0n) is 17.8. The first-order chi connectivity index (χ1) is 14.9. The van der Waals surface area contributed by atoms with E-state index in [1.54, 1.807) is 12.1 Å². The highest BCUT2D eigenvalue weighted by Gasteiger charge is 2.24. The van der Waals surface area contributed by atoms with Crippen LogP contribution < -0.4 is 31.6 Å². The average molecular weight is 433 g/mol. The lowest BCUT2D eigenvalue weighted by Crippen LogP contribution is -2.43. The Labute approximate surface area is 180 Å². The number of carbonyl (C=O) groups excluding carboxylic acids is 1. The van der Waals surface area contributed by atoms with Gasteiger partial charge in [-0.3, -0.25) is 4.79 Å². The fourth-order valence-corrected chi connectivity index (χ4v) is 3.52. The Bertz CT molecular complexity index is 902. The topological polar surface area (TPSA) is 137 Å². The van der Waals surface area contributed by atoms with Crippen molar-refractivity contribution in [1.29, 1.82) is 0 Å². The van der Waals surface area contributed by atoms with Crippen molar-refractivity contribution in [3.05, 3.63) is 29.6 Å². The molecule has 0 saturated heterocycles. The monoisotopic (exact) mass is 432 g/mol. The van der Waals surface area contributed by atoms with Gasteiger partial charge in [-0.15, -0.1) is 0 Å². The molecule has 0 bridgehead atoms. The Kier molecular flexibility index (Phi) is 7.45. The number of aromatic nitrogens is 2. The Morgan fingerprint density at radius 2 is 1.74 bits per heavy atom. The molecule has 1 aliphatic rings. The summed E-state index contributed by atoms with van der Waals surface area (Å²) in [4.78, 5) is 20.5. The average Bonchev–Trinajstić information content (AvgIpc) is 2.72. The van der Waals surface area contributed by atoms with Crippen molar-refractivity contribution in [3.8, 4) is 11.8 Å². The smallest absolute Gasteiger partial charge is 0.252 e. The molecule has 0 aliphatic heterocycles. The molecule has 2 heterocycles. The maximum atomic E-state index is 14.7. The van der Waals surface area contributed by atoms with Gasteiger partial charge in [-0.2, -0.15) is 4.98 Å². The van der Waals surface area contributed by atoms with Crippen LogP contribution in [-0.4, -0.2) is 41.2 Å². The number of rotatable bonds is 9. The molecule has 0 aromatic carbocycles. The van der Waals surface area contributed by atoms with Crippen molar-refractivity contribution in [1.82, 2.24) is 9.97 Å². The normalized spacial score (nSPS) is 18.3. The third-order valence-corrected chi connectivity index (χ3v) is 5.01. The lowest BCUT2D eigenvalue weighted by atomic mass is 9.91. The lowest BCUT2D eigenvalue weighted by Gasteiger charge is -2.30. The number of anilines is 3. The van der Waals surface area contributed by atoms with Gasteiger partial charge in [0.25, 0.3) is 5.91 Å². The van der Waals surface area contributed by atoms with Gasteiger partial charge in [-0.05, 0) is 32.8 Å². The van der Waals surface area contributed by atoms with E-state index in [4.69, 9.17) is 20.9 Å². The standard InChI is InChI=1S/C21H29FN6O3/c1-3-30-17-9-12(10-18(27-17)31-4-2)25-20-13(19(24)29)11-14(22)21(28-20)26-16-8-6-5-7-15(16)23/h9-11,15-16H,3-8,23H2,1-2H3,(H2,24,29)(H2,25,26,27,28)/t15-,16?/m0/s1. The number of ether oxygens (including phenoxy) is 2. The van der Waals surface area contributed by atoms with Gasteiger partial charge >= 0.3 is 0 Å². The third kappa shape index (κ3) is 5.72. The predicted octanol–water partition coefficient (Wildman–Crippen LogP) is 2.94. The zero-order chi connectivity index (χ0) is 22.4. The highest BCUT2D eigenvalue weighted by Crippen LogP contribution is 2.29. The second-order valence-electron chi connectivity index (χ2n) is 7.30. The van der Waals surface area contributed by atoms with Gasteiger partial charge in [0.05, 0.1) is 24.5 Å². The maximum absolute atomic E-state index is 14.7. The second-order valence-corrected chi connectivity index (χ2v) is 7.30. The summed E-state index contributed by atoms with van der Waals surface area (Å²) in [5.41, 5.74) is 12.1. The van der Waals surface area contributed by atoms with Gasteiger partial charge in [0.2, 0.25) is 11.8 Å². The van der Waals surface area contributed by atoms with Crippen LogP contribution in [0.15, 0.2) is 18.2 Å². The van der Waals surface area contributed by atoms with E-state index in [9.17, 15) is 9.18 Å². The summed E-state index contributed by atoms with van der Waals surface area (Å²) in [5, 5.41) is 6.11. The quantitative estimate of drug-likeness (QED) is 0.475.